The third-order valence-electron chi connectivity index (χ3n) is 4.97. The van der Waals surface area contributed by atoms with Gasteiger partial charge < -0.3 is 24.8 Å². The first-order valence-corrected chi connectivity index (χ1v) is 11.1. The molecule has 0 saturated carbocycles. The molecular weight excluding hydrogens is 449 g/mol. The zero-order valence-electron chi connectivity index (χ0n) is 17.2. The summed E-state index contributed by atoms with van der Waals surface area (Å²) < 4.78 is 7.69. The van der Waals surface area contributed by atoms with E-state index in [2.05, 4.69) is 91.8 Å². The van der Waals surface area contributed by atoms with Crippen molar-refractivity contribution in [2.75, 3.05) is 20.6 Å². The van der Waals surface area contributed by atoms with Crippen LogP contribution in [0.15, 0.2) is 84.5 Å². The van der Waals surface area contributed by atoms with Crippen molar-refractivity contribution in [3.8, 4) is 0 Å². The van der Waals surface area contributed by atoms with Gasteiger partial charge in [0.15, 0.2) is 0 Å². The van der Waals surface area contributed by atoms with Gasteiger partial charge in [0.05, 0.1) is 0 Å². The minimum absolute atomic E-state index is 0. The Morgan fingerprint density at radius 2 is 1.63 bits per heavy atom. The summed E-state index contributed by atoms with van der Waals surface area (Å²) in [7, 11) is 4.25. The standard InChI is InChI=1S/C18H18N.C7H7O.2ClH.Ti/c1-19(2)13-14-7-8-17(11-14)18-10-9-15-5-3-4-6-16(15)12-18;8-6-7-4-2-1-3-5-7;;;/h3-7,9-11H,8,13H2,1-2H3;1-5H,6H2;2*1H;/q;-1;;;+3/p-2. The number of rotatable bonds is 7. The maximum absolute atomic E-state index is 6.28. The molecule has 1 aliphatic carbocycles. The average Bonchev–Trinajstić information content (AvgIpc) is 3.16. The van der Waals surface area contributed by atoms with Crippen LogP contribution in [0.4, 0.5) is 0 Å². The van der Waals surface area contributed by atoms with Crippen molar-refractivity contribution in [1.82, 2.24) is 4.90 Å². The summed E-state index contributed by atoms with van der Waals surface area (Å²) in [5, 5.41) is 2.64. The van der Waals surface area contributed by atoms with Gasteiger partial charge in [-0.05, 0) is 0 Å². The Kier molecular flexibility index (Phi) is 9.83. The second kappa shape index (κ2) is 11.9. The van der Waals surface area contributed by atoms with Crippen LogP contribution in [0.1, 0.15) is 17.5 Å². The van der Waals surface area contributed by atoms with Crippen LogP contribution < -0.4 is 28.7 Å². The molecule has 5 heteroatoms. The Bertz CT molecular complexity index is 1030. The van der Waals surface area contributed by atoms with E-state index in [1.54, 1.807) is 0 Å². The van der Waals surface area contributed by atoms with E-state index in [4.69, 9.17) is 3.32 Å². The molecule has 0 aromatic heterocycles. The van der Waals surface area contributed by atoms with Gasteiger partial charge >= 0.3 is 177 Å². The molecule has 0 fully saturated rings. The fourth-order valence-corrected chi connectivity index (χ4v) is 5.34. The summed E-state index contributed by atoms with van der Waals surface area (Å²) in [4.78, 5) is 2.23. The van der Waals surface area contributed by atoms with Gasteiger partial charge in [-0.1, -0.05) is 0 Å². The quantitative estimate of drug-likeness (QED) is 0.406. The minimum atomic E-state index is -0.706. The summed E-state index contributed by atoms with van der Waals surface area (Å²) in [6, 6.07) is 23.7. The Morgan fingerprint density at radius 1 is 0.900 bits per heavy atom. The van der Waals surface area contributed by atoms with Gasteiger partial charge in [-0.3, -0.25) is 0 Å². The van der Waals surface area contributed by atoms with E-state index in [9.17, 15) is 0 Å². The molecular formula is C25H25Cl2NOTi. The molecule has 1 aliphatic rings. The average molecular weight is 474 g/mol. The Hall–Kier alpha value is -1.39. The largest absolute Gasteiger partial charge is 1.00 e. The summed E-state index contributed by atoms with van der Waals surface area (Å²) in [5.74, 6) is 0. The van der Waals surface area contributed by atoms with E-state index >= 15 is 0 Å². The third kappa shape index (κ3) is 6.07. The number of halogens is 2. The fourth-order valence-electron chi connectivity index (χ4n) is 3.66. The molecule has 0 heterocycles. The van der Waals surface area contributed by atoms with Crippen molar-refractivity contribution >= 4 is 20.2 Å². The summed E-state index contributed by atoms with van der Waals surface area (Å²) in [6.45, 7) is 1.68. The summed E-state index contributed by atoms with van der Waals surface area (Å²) in [5.41, 5.74) is 5.44. The van der Waals surface area contributed by atoms with Crippen LogP contribution >= 0.6 is 0 Å². The molecule has 0 atom stereocenters. The van der Waals surface area contributed by atoms with Crippen molar-refractivity contribution in [2.45, 2.75) is 13.0 Å². The van der Waals surface area contributed by atoms with E-state index in [-0.39, 0.29) is 24.8 Å². The van der Waals surface area contributed by atoms with Crippen molar-refractivity contribution in [1.29, 1.82) is 0 Å². The monoisotopic (exact) mass is 473 g/mol. The van der Waals surface area contributed by atoms with Crippen molar-refractivity contribution in [3.05, 3.63) is 95.6 Å². The number of benzene rings is 3. The number of allylic oxidation sites excluding steroid dienone is 2. The van der Waals surface area contributed by atoms with Crippen molar-refractivity contribution in [3.63, 3.8) is 0 Å². The second-order valence-electron chi connectivity index (χ2n) is 7.48. The van der Waals surface area contributed by atoms with Gasteiger partial charge in [-0.2, -0.15) is 0 Å². The molecule has 0 radical (unpaired) electrons. The smallest absolute Gasteiger partial charge is 1.00 e. The second-order valence-corrected chi connectivity index (χ2v) is 9.03. The predicted octanol–water partition coefficient (Wildman–Crippen LogP) is -1.04. The van der Waals surface area contributed by atoms with E-state index < -0.39 is 19.5 Å². The minimum Gasteiger partial charge on any atom is -1.00 e. The topological polar surface area (TPSA) is 12.5 Å². The van der Waals surface area contributed by atoms with Crippen LogP contribution in [0, 0.1) is 0 Å². The Balaban J connectivity index is 0.00000160. The maximum Gasteiger partial charge on any atom is -1.00 e. The number of nitrogens with zero attached hydrogens (tertiary/aromatic N) is 1. The van der Waals surface area contributed by atoms with Gasteiger partial charge in [0.25, 0.3) is 0 Å². The molecule has 0 N–H and O–H groups in total. The van der Waals surface area contributed by atoms with Crippen LogP contribution in [-0.4, -0.2) is 25.5 Å². The summed E-state index contributed by atoms with van der Waals surface area (Å²) >= 11 is -0.706. The van der Waals surface area contributed by atoms with Gasteiger partial charge in [0.1, 0.15) is 0 Å². The normalized spacial score (nSPS) is 12.6. The SMILES string of the molecule is CN(C)CC1=CCC(c2ccc3ccccc3[c]2[Ti+2][O]Cc2ccccc2)=C1.[Cl-].[Cl-]. The van der Waals surface area contributed by atoms with Gasteiger partial charge in [-0.25, -0.2) is 0 Å². The third-order valence-corrected chi connectivity index (χ3v) is 6.58. The molecule has 0 saturated heterocycles. The molecule has 154 valence electrons. The number of fused-ring (bicyclic) bond motifs is 1. The van der Waals surface area contributed by atoms with E-state index in [0.29, 0.717) is 6.61 Å². The zero-order valence-corrected chi connectivity index (χ0v) is 20.3. The molecule has 3 aromatic carbocycles. The van der Waals surface area contributed by atoms with Crippen LogP contribution in [0.2, 0.25) is 0 Å². The molecule has 2 nitrogen and oxygen atoms in total. The van der Waals surface area contributed by atoms with Crippen molar-refractivity contribution in [2.24, 2.45) is 0 Å². The molecule has 0 bridgehead atoms. The fraction of sp³-hybridized carbons (Fsp3) is 0.200. The van der Waals surface area contributed by atoms with Crippen LogP contribution in [0.25, 0.3) is 16.3 Å². The number of likely N-dealkylation sites (N-methyl/N-ethyl adjacent to an activating group) is 1. The van der Waals surface area contributed by atoms with E-state index in [0.717, 1.165) is 13.0 Å². The van der Waals surface area contributed by atoms with Crippen molar-refractivity contribution < 1.29 is 47.7 Å². The predicted molar refractivity (Wildman–Crippen MR) is 114 cm³/mol. The molecule has 0 amide bonds. The number of hydrogen-bond acceptors (Lipinski definition) is 2. The van der Waals surface area contributed by atoms with Gasteiger partial charge in [0, 0.05) is 0 Å². The molecule has 0 aliphatic heterocycles. The van der Waals surface area contributed by atoms with E-state index in [1.807, 2.05) is 6.07 Å². The van der Waals surface area contributed by atoms with Gasteiger partial charge in [-0.15, -0.1) is 0 Å². The van der Waals surface area contributed by atoms with Crippen LogP contribution in [0.3, 0.4) is 0 Å². The zero-order chi connectivity index (χ0) is 19.3. The molecule has 30 heavy (non-hydrogen) atoms. The van der Waals surface area contributed by atoms with E-state index in [1.165, 1.54) is 36.9 Å². The number of hydrogen-bond donors (Lipinski definition) is 0. The Morgan fingerprint density at radius 3 is 2.40 bits per heavy atom. The first kappa shape index (κ1) is 24.9. The molecule has 3 aromatic rings. The molecule has 4 rings (SSSR count). The first-order valence-electron chi connectivity index (χ1n) is 9.69. The maximum atomic E-state index is 6.28. The molecule has 0 unspecified atom stereocenters. The summed E-state index contributed by atoms with van der Waals surface area (Å²) in [6.07, 6.45) is 5.75. The first-order chi connectivity index (χ1) is 13.7. The van der Waals surface area contributed by atoms with Crippen LogP contribution in [0.5, 0.6) is 0 Å². The van der Waals surface area contributed by atoms with Crippen LogP contribution in [-0.2, 0) is 29.5 Å². The Labute approximate surface area is 201 Å². The van der Waals surface area contributed by atoms with Gasteiger partial charge in [0.2, 0.25) is 0 Å². The molecule has 0 spiro atoms.